The SMILES string of the molecule is CCCC(C(=O)NCc1ncccc1CC)/C(N)=N/O. The van der Waals surface area contributed by atoms with Crippen LogP contribution in [-0.2, 0) is 17.8 Å². The topological polar surface area (TPSA) is 101 Å². The molecule has 0 fully saturated rings. The maximum absolute atomic E-state index is 12.1. The van der Waals surface area contributed by atoms with Gasteiger partial charge in [-0.2, -0.15) is 0 Å². The maximum atomic E-state index is 12.1. The van der Waals surface area contributed by atoms with E-state index in [9.17, 15) is 4.79 Å². The maximum Gasteiger partial charge on any atom is 0.231 e. The van der Waals surface area contributed by atoms with Crippen LogP contribution in [0.3, 0.4) is 0 Å². The third kappa shape index (κ3) is 4.22. The van der Waals surface area contributed by atoms with E-state index in [-0.39, 0.29) is 11.7 Å². The van der Waals surface area contributed by atoms with Gasteiger partial charge in [-0.25, -0.2) is 0 Å². The lowest BCUT2D eigenvalue weighted by atomic mass is 10.0. The van der Waals surface area contributed by atoms with Crippen molar-refractivity contribution in [2.24, 2.45) is 16.8 Å². The van der Waals surface area contributed by atoms with Crippen molar-refractivity contribution in [3.05, 3.63) is 29.6 Å². The standard InChI is InChI=1S/C14H22N4O2/c1-3-6-11(13(15)18-20)14(19)17-9-12-10(4-2)7-5-8-16-12/h5,7-8,11,20H,3-4,6,9H2,1-2H3,(H2,15,18)(H,17,19). The van der Waals surface area contributed by atoms with Crippen molar-refractivity contribution in [3.8, 4) is 0 Å². The largest absolute Gasteiger partial charge is 0.409 e. The van der Waals surface area contributed by atoms with Crippen molar-refractivity contribution in [2.75, 3.05) is 0 Å². The van der Waals surface area contributed by atoms with Crippen LogP contribution in [0.4, 0.5) is 0 Å². The van der Waals surface area contributed by atoms with Crippen LogP contribution in [0.15, 0.2) is 23.5 Å². The van der Waals surface area contributed by atoms with E-state index >= 15 is 0 Å². The average molecular weight is 278 g/mol. The number of oxime groups is 1. The van der Waals surface area contributed by atoms with Crippen LogP contribution >= 0.6 is 0 Å². The lowest BCUT2D eigenvalue weighted by Gasteiger charge is -2.15. The monoisotopic (exact) mass is 278 g/mol. The fraction of sp³-hybridized carbons (Fsp3) is 0.500. The van der Waals surface area contributed by atoms with Crippen LogP contribution in [-0.4, -0.2) is 21.9 Å². The van der Waals surface area contributed by atoms with Crippen LogP contribution in [0, 0.1) is 5.92 Å². The number of nitrogens with two attached hydrogens (primary N) is 1. The molecule has 110 valence electrons. The summed E-state index contributed by atoms with van der Waals surface area (Å²) < 4.78 is 0. The Morgan fingerprint density at radius 3 is 2.90 bits per heavy atom. The minimum atomic E-state index is -0.598. The zero-order chi connectivity index (χ0) is 15.0. The first kappa shape index (κ1) is 15.9. The Kier molecular flexibility index (Phi) is 6.49. The number of rotatable bonds is 7. The molecular weight excluding hydrogens is 256 g/mol. The number of carbonyl (C=O) groups is 1. The van der Waals surface area contributed by atoms with Gasteiger partial charge in [0, 0.05) is 6.20 Å². The Morgan fingerprint density at radius 1 is 1.55 bits per heavy atom. The minimum absolute atomic E-state index is 0.0546. The molecule has 4 N–H and O–H groups in total. The van der Waals surface area contributed by atoms with Gasteiger partial charge in [0.05, 0.1) is 18.2 Å². The molecule has 1 aromatic rings. The van der Waals surface area contributed by atoms with Crippen LogP contribution < -0.4 is 11.1 Å². The molecule has 0 aliphatic heterocycles. The molecule has 0 aromatic carbocycles. The number of nitrogens with zero attached hydrogens (tertiary/aromatic N) is 2. The lowest BCUT2D eigenvalue weighted by molar-refractivity contribution is -0.123. The molecule has 1 unspecified atom stereocenters. The molecule has 1 aromatic heterocycles. The molecule has 0 saturated heterocycles. The first-order valence-electron chi connectivity index (χ1n) is 6.81. The van der Waals surface area contributed by atoms with E-state index in [1.165, 1.54) is 0 Å². The van der Waals surface area contributed by atoms with Gasteiger partial charge >= 0.3 is 0 Å². The number of hydrogen-bond donors (Lipinski definition) is 3. The molecule has 0 aliphatic rings. The fourth-order valence-electron chi connectivity index (χ4n) is 2.02. The van der Waals surface area contributed by atoms with Crippen molar-refractivity contribution in [2.45, 2.75) is 39.7 Å². The fourth-order valence-corrected chi connectivity index (χ4v) is 2.02. The van der Waals surface area contributed by atoms with Crippen molar-refractivity contribution in [1.29, 1.82) is 0 Å². The Labute approximate surface area is 119 Å². The molecule has 0 radical (unpaired) electrons. The number of amides is 1. The van der Waals surface area contributed by atoms with Crippen LogP contribution in [0.5, 0.6) is 0 Å². The minimum Gasteiger partial charge on any atom is -0.409 e. The quantitative estimate of drug-likeness (QED) is 0.304. The van der Waals surface area contributed by atoms with E-state index in [0.717, 1.165) is 24.1 Å². The molecule has 0 bridgehead atoms. The molecule has 1 heterocycles. The van der Waals surface area contributed by atoms with Crippen LogP contribution in [0.25, 0.3) is 0 Å². The van der Waals surface area contributed by atoms with E-state index in [1.54, 1.807) is 6.20 Å². The molecule has 6 nitrogen and oxygen atoms in total. The van der Waals surface area contributed by atoms with E-state index in [0.29, 0.717) is 13.0 Å². The van der Waals surface area contributed by atoms with Gasteiger partial charge < -0.3 is 16.3 Å². The van der Waals surface area contributed by atoms with Gasteiger partial charge in [-0.05, 0) is 24.5 Å². The highest BCUT2D eigenvalue weighted by molar-refractivity contribution is 6.01. The predicted molar refractivity (Wildman–Crippen MR) is 77.3 cm³/mol. The number of carbonyl (C=O) groups excluding carboxylic acids is 1. The highest BCUT2D eigenvalue weighted by Crippen LogP contribution is 2.09. The van der Waals surface area contributed by atoms with Crippen molar-refractivity contribution in [1.82, 2.24) is 10.3 Å². The van der Waals surface area contributed by atoms with Crippen LogP contribution in [0.2, 0.25) is 0 Å². The summed E-state index contributed by atoms with van der Waals surface area (Å²) in [6.45, 7) is 4.33. The zero-order valence-corrected chi connectivity index (χ0v) is 12.0. The first-order valence-corrected chi connectivity index (χ1v) is 6.81. The van der Waals surface area contributed by atoms with Crippen molar-refractivity contribution in [3.63, 3.8) is 0 Å². The second-order valence-corrected chi connectivity index (χ2v) is 4.55. The Hall–Kier alpha value is -2.11. The molecule has 1 rings (SSSR count). The second kappa shape index (κ2) is 8.14. The van der Waals surface area contributed by atoms with Crippen LogP contribution in [0.1, 0.15) is 37.9 Å². The molecular formula is C14H22N4O2. The third-order valence-electron chi connectivity index (χ3n) is 3.16. The number of hydrogen-bond acceptors (Lipinski definition) is 4. The normalized spacial score (nSPS) is 13.0. The third-order valence-corrected chi connectivity index (χ3v) is 3.16. The summed E-state index contributed by atoms with van der Waals surface area (Å²) in [5.74, 6) is -0.894. The number of amidine groups is 1. The highest BCUT2D eigenvalue weighted by Gasteiger charge is 2.22. The average Bonchev–Trinajstić information content (AvgIpc) is 2.49. The molecule has 1 atom stereocenters. The summed E-state index contributed by atoms with van der Waals surface area (Å²) in [5.41, 5.74) is 7.50. The first-order chi connectivity index (χ1) is 9.63. The van der Waals surface area contributed by atoms with Gasteiger partial charge in [0.2, 0.25) is 5.91 Å². The molecule has 0 aliphatic carbocycles. The van der Waals surface area contributed by atoms with Gasteiger partial charge in [-0.1, -0.05) is 31.5 Å². The molecule has 6 heteroatoms. The summed E-state index contributed by atoms with van der Waals surface area (Å²) in [5, 5.41) is 14.5. The van der Waals surface area contributed by atoms with Gasteiger partial charge in [-0.15, -0.1) is 0 Å². The number of pyridine rings is 1. The predicted octanol–water partition coefficient (Wildman–Crippen LogP) is 1.42. The summed E-state index contributed by atoms with van der Waals surface area (Å²) in [6, 6.07) is 3.86. The summed E-state index contributed by atoms with van der Waals surface area (Å²) in [7, 11) is 0. The summed E-state index contributed by atoms with van der Waals surface area (Å²) in [4.78, 5) is 16.4. The van der Waals surface area contributed by atoms with Gasteiger partial charge in [0.25, 0.3) is 0 Å². The molecule has 20 heavy (non-hydrogen) atoms. The number of nitrogens with one attached hydrogen (secondary N) is 1. The summed E-state index contributed by atoms with van der Waals surface area (Å²) >= 11 is 0. The second-order valence-electron chi connectivity index (χ2n) is 4.55. The number of aromatic nitrogens is 1. The smallest absolute Gasteiger partial charge is 0.231 e. The number of aryl methyl sites for hydroxylation is 1. The van der Waals surface area contributed by atoms with Gasteiger partial charge in [-0.3, -0.25) is 9.78 Å². The van der Waals surface area contributed by atoms with E-state index in [2.05, 4.69) is 15.5 Å². The Bertz CT molecular complexity index is 474. The molecule has 1 amide bonds. The van der Waals surface area contributed by atoms with Gasteiger partial charge in [0.15, 0.2) is 5.84 Å². The lowest BCUT2D eigenvalue weighted by Crippen LogP contribution is -2.38. The highest BCUT2D eigenvalue weighted by atomic mass is 16.4. The van der Waals surface area contributed by atoms with E-state index < -0.39 is 5.92 Å². The Balaban J connectivity index is 2.69. The van der Waals surface area contributed by atoms with Crippen molar-refractivity contribution < 1.29 is 10.0 Å². The van der Waals surface area contributed by atoms with E-state index in [4.69, 9.17) is 10.9 Å². The van der Waals surface area contributed by atoms with Crippen molar-refractivity contribution >= 4 is 11.7 Å². The molecule has 0 saturated carbocycles. The van der Waals surface area contributed by atoms with E-state index in [1.807, 2.05) is 26.0 Å². The Morgan fingerprint density at radius 2 is 2.30 bits per heavy atom. The summed E-state index contributed by atoms with van der Waals surface area (Å²) in [6.07, 6.45) is 3.88. The molecule has 0 spiro atoms. The van der Waals surface area contributed by atoms with Gasteiger partial charge in [0.1, 0.15) is 0 Å². The zero-order valence-electron chi connectivity index (χ0n) is 12.0.